The molecule has 2 aromatic rings. The lowest BCUT2D eigenvalue weighted by atomic mass is 10.1. The van der Waals surface area contributed by atoms with Gasteiger partial charge < -0.3 is 19.2 Å². The van der Waals surface area contributed by atoms with Gasteiger partial charge >= 0.3 is 12.1 Å². The molecule has 0 unspecified atom stereocenters. The van der Waals surface area contributed by atoms with Crippen LogP contribution in [-0.2, 0) is 16.1 Å². The number of thiophene rings is 1. The number of halogens is 3. The van der Waals surface area contributed by atoms with Crippen molar-refractivity contribution in [1.82, 2.24) is 9.80 Å². The number of fused-ring (bicyclic) bond motifs is 1. The summed E-state index contributed by atoms with van der Waals surface area (Å²) in [4.78, 5) is 25.6. The maximum Gasteiger partial charge on any atom is 0.490 e. The number of carbonyl (C=O) groups is 2. The van der Waals surface area contributed by atoms with Gasteiger partial charge in [0.2, 0.25) is 0 Å². The molecule has 0 saturated carbocycles. The monoisotopic (exact) mass is 446 g/mol. The first-order chi connectivity index (χ1) is 14.2. The van der Waals surface area contributed by atoms with E-state index >= 15 is 0 Å². The van der Waals surface area contributed by atoms with Crippen LogP contribution in [0.25, 0.3) is 0 Å². The van der Waals surface area contributed by atoms with Crippen LogP contribution in [0.1, 0.15) is 16.1 Å². The van der Waals surface area contributed by atoms with Gasteiger partial charge in [-0.2, -0.15) is 24.5 Å². The van der Waals surface area contributed by atoms with Gasteiger partial charge in [-0.3, -0.25) is 9.69 Å². The van der Waals surface area contributed by atoms with Crippen molar-refractivity contribution in [3.63, 3.8) is 0 Å². The highest BCUT2D eigenvalue weighted by Crippen LogP contribution is 2.26. The van der Waals surface area contributed by atoms with Gasteiger partial charge in [-0.15, -0.1) is 0 Å². The van der Waals surface area contributed by atoms with Gasteiger partial charge in [0, 0.05) is 38.6 Å². The fourth-order valence-electron chi connectivity index (χ4n) is 3.47. The summed E-state index contributed by atoms with van der Waals surface area (Å²) in [5.74, 6) is -2.00. The molecule has 2 atom stereocenters. The number of hydrogen-bond acceptors (Lipinski definition) is 6. The van der Waals surface area contributed by atoms with Crippen molar-refractivity contribution in [2.45, 2.75) is 18.8 Å². The predicted octanol–water partition coefficient (Wildman–Crippen LogP) is 2.95. The zero-order valence-corrected chi connectivity index (χ0v) is 16.7. The second-order valence-corrected chi connectivity index (χ2v) is 7.81. The van der Waals surface area contributed by atoms with E-state index in [1.165, 1.54) is 5.56 Å². The van der Waals surface area contributed by atoms with E-state index in [0.29, 0.717) is 18.2 Å². The van der Waals surface area contributed by atoms with Gasteiger partial charge in [0.05, 0.1) is 19.0 Å². The Morgan fingerprint density at radius 1 is 1.23 bits per heavy atom. The third-order valence-corrected chi connectivity index (χ3v) is 5.59. The Kier molecular flexibility index (Phi) is 7.16. The van der Waals surface area contributed by atoms with Gasteiger partial charge in [-0.25, -0.2) is 4.79 Å². The zero-order valence-electron chi connectivity index (χ0n) is 15.9. The Morgan fingerprint density at radius 2 is 2.00 bits per heavy atom. The van der Waals surface area contributed by atoms with Gasteiger partial charge in [-0.05, 0) is 34.5 Å². The number of likely N-dealkylation sites (tertiary alicyclic amines) is 1. The first kappa shape index (κ1) is 22.3. The summed E-state index contributed by atoms with van der Waals surface area (Å²) in [6.45, 7) is 5.02. The van der Waals surface area contributed by atoms with E-state index in [-0.39, 0.29) is 12.0 Å². The second-order valence-electron chi connectivity index (χ2n) is 7.03. The lowest BCUT2D eigenvalue weighted by Crippen LogP contribution is -2.33. The van der Waals surface area contributed by atoms with Crippen molar-refractivity contribution in [2.75, 3.05) is 32.8 Å². The lowest BCUT2D eigenvalue weighted by Gasteiger charge is -2.22. The molecule has 1 amide bonds. The molecule has 0 aliphatic carbocycles. The number of furan rings is 1. The zero-order chi connectivity index (χ0) is 21.7. The molecule has 30 heavy (non-hydrogen) atoms. The molecule has 2 saturated heterocycles. The number of carbonyl (C=O) groups excluding carboxylic acids is 1. The number of hydrogen-bond donors (Lipinski definition) is 1. The van der Waals surface area contributed by atoms with Crippen molar-refractivity contribution in [2.24, 2.45) is 5.92 Å². The van der Waals surface area contributed by atoms with Crippen molar-refractivity contribution < 1.29 is 37.0 Å². The lowest BCUT2D eigenvalue weighted by molar-refractivity contribution is -0.192. The number of nitrogens with zero attached hydrogens (tertiary/aromatic N) is 2. The second kappa shape index (κ2) is 9.63. The van der Waals surface area contributed by atoms with Crippen LogP contribution in [0.3, 0.4) is 0 Å². The van der Waals surface area contributed by atoms with Crippen molar-refractivity contribution in [3.05, 3.63) is 46.5 Å². The third-order valence-electron chi connectivity index (χ3n) is 4.86. The van der Waals surface area contributed by atoms with E-state index in [2.05, 4.69) is 21.7 Å². The molecule has 0 aromatic carbocycles. The first-order valence-electron chi connectivity index (χ1n) is 9.22. The summed E-state index contributed by atoms with van der Waals surface area (Å²) in [5.41, 5.74) is 1.36. The first-order valence-corrected chi connectivity index (χ1v) is 10.2. The van der Waals surface area contributed by atoms with Crippen LogP contribution in [0, 0.1) is 5.92 Å². The molecular formula is C19H21F3N2O5S. The molecule has 0 radical (unpaired) electrons. The molecule has 164 valence electrons. The van der Waals surface area contributed by atoms with Crippen LogP contribution < -0.4 is 0 Å². The van der Waals surface area contributed by atoms with Crippen molar-refractivity contribution in [1.29, 1.82) is 0 Å². The molecule has 11 heteroatoms. The van der Waals surface area contributed by atoms with E-state index in [9.17, 15) is 18.0 Å². The normalized spacial score (nSPS) is 22.0. The predicted molar refractivity (Wildman–Crippen MR) is 101 cm³/mol. The van der Waals surface area contributed by atoms with Crippen LogP contribution in [0.15, 0.2) is 39.6 Å². The van der Waals surface area contributed by atoms with E-state index in [1.807, 2.05) is 4.90 Å². The molecule has 2 fully saturated rings. The average molecular weight is 446 g/mol. The summed E-state index contributed by atoms with van der Waals surface area (Å²) in [6, 6.07) is 5.65. The minimum atomic E-state index is -5.08. The molecule has 2 aromatic heterocycles. The van der Waals surface area contributed by atoms with E-state index in [1.54, 1.807) is 29.7 Å². The quantitative estimate of drug-likeness (QED) is 0.781. The summed E-state index contributed by atoms with van der Waals surface area (Å²) in [6.07, 6.45) is -3.40. The Morgan fingerprint density at radius 3 is 2.60 bits per heavy atom. The number of alkyl halides is 3. The molecule has 0 spiro atoms. The summed E-state index contributed by atoms with van der Waals surface area (Å²) < 4.78 is 43.0. The largest absolute Gasteiger partial charge is 0.490 e. The average Bonchev–Trinajstić information content (AvgIpc) is 3.42. The van der Waals surface area contributed by atoms with E-state index in [4.69, 9.17) is 19.1 Å². The van der Waals surface area contributed by atoms with Gasteiger partial charge in [0.25, 0.3) is 5.91 Å². The maximum absolute atomic E-state index is 12.4. The van der Waals surface area contributed by atoms with Crippen molar-refractivity contribution in [3.8, 4) is 0 Å². The fourth-order valence-corrected chi connectivity index (χ4v) is 4.13. The number of amides is 1. The van der Waals surface area contributed by atoms with Crippen LogP contribution in [0.2, 0.25) is 0 Å². The van der Waals surface area contributed by atoms with E-state index < -0.39 is 12.1 Å². The van der Waals surface area contributed by atoms with Crippen LogP contribution in [0.5, 0.6) is 0 Å². The van der Waals surface area contributed by atoms with Gasteiger partial charge in [-0.1, -0.05) is 0 Å². The number of rotatable bonds is 3. The Hall–Kier alpha value is -2.37. The molecule has 1 N–H and O–H groups in total. The number of ether oxygens (including phenoxy) is 1. The molecule has 2 aliphatic rings. The summed E-state index contributed by atoms with van der Waals surface area (Å²) >= 11 is 1.73. The highest BCUT2D eigenvalue weighted by atomic mass is 32.1. The van der Waals surface area contributed by atoms with Crippen molar-refractivity contribution >= 4 is 23.2 Å². The minimum Gasteiger partial charge on any atom is -0.475 e. The SMILES string of the molecule is O=C(O)C(F)(F)F.O=C(c1ccco1)N1C[C@@H]2CN(Cc3ccsc3)CCO[C@@H]2C1. The van der Waals surface area contributed by atoms with Crippen LogP contribution >= 0.6 is 11.3 Å². The molecule has 4 heterocycles. The summed E-state index contributed by atoms with van der Waals surface area (Å²) in [5, 5.41) is 11.4. The molecule has 0 bridgehead atoms. The highest BCUT2D eigenvalue weighted by Gasteiger charge is 2.39. The Labute approximate surface area is 174 Å². The van der Waals surface area contributed by atoms with Gasteiger partial charge in [0.15, 0.2) is 5.76 Å². The Bertz CT molecular complexity index is 826. The highest BCUT2D eigenvalue weighted by molar-refractivity contribution is 7.07. The van der Waals surface area contributed by atoms with Gasteiger partial charge in [0.1, 0.15) is 0 Å². The summed E-state index contributed by atoms with van der Waals surface area (Å²) in [7, 11) is 0. The third kappa shape index (κ3) is 5.83. The van der Waals surface area contributed by atoms with Crippen LogP contribution in [0.4, 0.5) is 13.2 Å². The molecule has 7 nitrogen and oxygen atoms in total. The molecular weight excluding hydrogens is 425 g/mol. The number of carboxylic acid groups (broad SMARTS) is 1. The number of aliphatic carboxylic acids is 1. The fraction of sp³-hybridized carbons (Fsp3) is 0.474. The molecule has 2 aliphatic heterocycles. The minimum absolute atomic E-state index is 0.0314. The standard InChI is InChI=1S/C17H20N2O3S.C2HF3O2/c20-17(15-2-1-5-21-15)19-10-14-9-18(4-6-22-16(14)11-19)8-13-3-7-23-12-13;3-2(4,5)1(6)7/h1-3,5,7,12,14,16H,4,6,8-11H2;(H,6,7)/t14-,16+;/m0./s1. The van der Waals surface area contributed by atoms with E-state index in [0.717, 1.165) is 32.8 Å². The topological polar surface area (TPSA) is 83.2 Å². The van der Waals surface area contributed by atoms with Crippen LogP contribution in [-0.4, -0.2) is 71.8 Å². The molecule has 4 rings (SSSR count). The Balaban J connectivity index is 0.000000318. The smallest absolute Gasteiger partial charge is 0.475 e. The maximum atomic E-state index is 12.4. The number of carboxylic acids is 1.